The summed E-state index contributed by atoms with van der Waals surface area (Å²) in [6.07, 6.45) is 1.76. The Hall–Kier alpha value is -1.50. The molecule has 1 aromatic carbocycles. The third-order valence-corrected chi connectivity index (χ3v) is 4.10. The number of carbonyl (C=O) groups is 1. The van der Waals surface area contributed by atoms with Crippen molar-refractivity contribution in [1.29, 1.82) is 0 Å². The number of carbonyl (C=O) groups excluding carboxylic acids is 1. The number of rotatable bonds is 6. The van der Waals surface area contributed by atoms with Gasteiger partial charge in [0.15, 0.2) is 5.16 Å². The Morgan fingerprint density at radius 1 is 1.36 bits per heavy atom. The van der Waals surface area contributed by atoms with Gasteiger partial charge in [-0.05, 0) is 25.1 Å². The minimum Gasteiger partial charge on any atom is -0.325 e. The van der Waals surface area contributed by atoms with Gasteiger partial charge in [0.2, 0.25) is 5.91 Å². The molecule has 0 aliphatic heterocycles. The standard InChI is InChI=1S/C14H14Cl2N4OS/c1-3-4-20-9(2)18-19-14(20)22-8-13(21)17-12-6-10(15)5-11(16)7-12/h3,5-7H,1,4,8H2,2H3,(H,17,21). The molecule has 0 fully saturated rings. The van der Waals surface area contributed by atoms with E-state index in [0.29, 0.717) is 27.4 Å². The van der Waals surface area contributed by atoms with E-state index in [2.05, 4.69) is 22.1 Å². The largest absolute Gasteiger partial charge is 0.325 e. The lowest BCUT2D eigenvalue weighted by Crippen LogP contribution is -2.14. The number of aromatic nitrogens is 3. The number of hydrogen-bond donors (Lipinski definition) is 1. The van der Waals surface area contributed by atoms with Crippen molar-refractivity contribution in [3.63, 3.8) is 0 Å². The molecule has 116 valence electrons. The number of benzene rings is 1. The predicted molar refractivity (Wildman–Crippen MR) is 90.8 cm³/mol. The van der Waals surface area contributed by atoms with Crippen molar-refractivity contribution < 1.29 is 4.79 Å². The van der Waals surface area contributed by atoms with Gasteiger partial charge in [-0.3, -0.25) is 4.79 Å². The Labute approximate surface area is 142 Å². The molecule has 0 radical (unpaired) electrons. The number of nitrogens with zero attached hydrogens (tertiary/aromatic N) is 3. The van der Waals surface area contributed by atoms with Crippen LogP contribution >= 0.6 is 35.0 Å². The number of allylic oxidation sites excluding steroid dienone is 1. The van der Waals surface area contributed by atoms with Crippen molar-refractivity contribution in [3.8, 4) is 0 Å². The van der Waals surface area contributed by atoms with Gasteiger partial charge in [-0.25, -0.2) is 0 Å². The molecule has 1 aromatic heterocycles. The van der Waals surface area contributed by atoms with Gasteiger partial charge >= 0.3 is 0 Å². The van der Waals surface area contributed by atoms with Gasteiger partial charge in [0.1, 0.15) is 5.82 Å². The molecule has 0 atom stereocenters. The van der Waals surface area contributed by atoms with E-state index in [0.717, 1.165) is 5.82 Å². The van der Waals surface area contributed by atoms with Crippen molar-refractivity contribution in [3.05, 3.63) is 46.7 Å². The highest BCUT2D eigenvalue weighted by molar-refractivity contribution is 7.99. The molecule has 0 aliphatic carbocycles. The minimum atomic E-state index is -0.172. The van der Waals surface area contributed by atoms with Crippen LogP contribution in [0.3, 0.4) is 0 Å². The normalized spacial score (nSPS) is 10.5. The van der Waals surface area contributed by atoms with Gasteiger partial charge in [-0.1, -0.05) is 41.0 Å². The maximum Gasteiger partial charge on any atom is 0.234 e. The highest BCUT2D eigenvalue weighted by atomic mass is 35.5. The van der Waals surface area contributed by atoms with Crippen LogP contribution in [0.4, 0.5) is 5.69 Å². The van der Waals surface area contributed by atoms with E-state index in [4.69, 9.17) is 23.2 Å². The fourth-order valence-electron chi connectivity index (χ4n) is 1.76. The molecule has 0 spiro atoms. The van der Waals surface area contributed by atoms with Gasteiger partial charge in [-0.2, -0.15) is 0 Å². The molecule has 0 saturated heterocycles. The fraction of sp³-hybridized carbons (Fsp3) is 0.214. The first-order valence-corrected chi connectivity index (χ1v) is 8.13. The van der Waals surface area contributed by atoms with Crippen LogP contribution in [-0.4, -0.2) is 26.4 Å². The van der Waals surface area contributed by atoms with Gasteiger partial charge in [-0.15, -0.1) is 16.8 Å². The predicted octanol–water partition coefficient (Wildman–Crippen LogP) is 3.81. The number of anilines is 1. The lowest BCUT2D eigenvalue weighted by atomic mass is 10.3. The summed E-state index contributed by atoms with van der Waals surface area (Å²) in [5.41, 5.74) is 0.562. The van der Waals surface area contributed by atoms with Crippen molar-refractivity contribution in [2.45, 2.75) is 18.6 Å². The third-order valence-electron chi connectivity index (χ3n) is 2.69. The lowest BCUT2D eigenvalue weighted by Gasteiger charge is -2.07. The molecule has 0 bridgehead atoms. The number of aryl methyl sites for hydroxylation is 1. The third kappa shape index (κ3) is 4.50. The summed E-state index contributed by atoms with van der Waals surface area (Å²) in [5.74, 6) is 0.818. The molecule has 0 aliphatic rings. The maximum absolute atomic E-state index is 12.0. The van der Waals surface area contributed by atoms with E-state index in [1.165, 1.54) is 11.8 Å². The summed E-state index contributed by atoms with van der Waals surface area (Å²) in [5, 5.41) is 12.4. The summed E-state index contributed by atoms with van der Waals surface area (Å²) in [6.45, 7) is 6.16. The Kier molecular flexibility index (Phi) is 5.88. The Bertz CT molecular complexity index is 682. The SMILES string of the molecule is C=CCn1c(C)nnc1SCC(=O)Nc1cc(Cl)cc(Cl)c1. The Morgan fingerprint density at radius 3 is 2.68 bits per heavy atom. The first-order chi connectivity index (χ1) is 10.5. The Morgan fingerprint density at radius 2 is 2.05 bits per heavy atom. The van der Waals surface area contributed by atoms with Crippen molar-refractivity contribution in [1.82, 2.24) is 14.8 Å². The second-order valence-corrected chi connectivity index (χ2v) is 6.24. The van der Waals surface area contributed by atoms with Gasteiger partial charge in [0.05, 0.1) is 5.75 Å². The summed E-state index contributed by atoms with van der Waals surface area (Å²) < 4.78 is 1.89. The average molecular weight is 357 g/mol. The molecule has 2 rings (SSSR count). The second kappa shape index (κ2) is 7.67. The molecule has 1 heterocycles. The quantitative estimate of drug-likeness (QED) is 0.631. The van der Waals surface area contributed by atoms with Crippen LogP contribution < -0.4 is 5.32 Å². The number of nitrogens with one attached hydrogen (secondary N) is 1. The van der Waals surface area contributed by atoms with Gasteiger partial charge in [0, 0.05) is 22.3 Å². The topological polar surface area (TPSA) is 59.8 Å². The average Bonchev–Trinajstić information content (AvgIpc) is 2.77. The van der Waals surface area contributed by atoms with Crippen LogP contribution in [-0.2, 0) is 11.3 Å². The minimum absolute atomic E-state index is 0.172. The summed E-state index contributed by atoms with van der Waals surface area (Å²) in [4.78, 5) is 12.0. The molecule has 1 amide bonds. The number of hydrogen-bond acceptors (Lipinski definition) is 4. The zero-order chi connectivity index (χ0) is 16.1. The molecule has 8 heteroatoms. The molecule has 2 aromatic rings. The Balaban J connectivity index is 1.97. The number of halogens is 2. The van der Waals surface area contributed by atoms with E-state index in [1.54, 1.807) is 24.3 Å². The van der Waals surface area contributed by atoms with E-state index >= 15 is 0 Å². The summed E-state index contributed by atoms with van der Waals surface area (Å²) in [7, 11) is 0. The molecule has 5 nitrogen and oxygen atoms in total. The van der Waals surface area contributed by atoms with Crippen LogP contribution in [0.1, 0.15) is 5.82 Å². The summed E-state index contributed by atoms with van der Waals surface area (Å²) >= 11 is 13.1. The van der Waals surface area contributed by atoms with Crippen LogP contribution in [0.2, 0.25) is 10.0 Å². The molecular formula is C14H14Cl2N4OS. The van der Waals surface area contributed by atoms with Gasteiger partial charge in [0.25, 0.3) is 0 Å². The van der Waals surface area contributed by atoms with Crippen LogP contribution in [0.15, 0.2) is 36.0 Å². The maximum atomic E-state index is 12.0. The van der Waals surface area contributed by atoms with Crippen molar-refractivity contribution >= 4 is 46.6 Å². The second-order valence-electron chi connectivity index (χ2n) is 4.42. The smallest absolute Gasteiger partial charge is 0.234 e. The van der Waals surface area contributed by atoms with E-state index in [9.17, 15) is 4.79 Å². The molecule has 22 heavy (non-hydrogen) atoms. The van der Waals surface area contributed by atoms with E-state index < -0.39 is 0 Å². The first-order valence-electron chi connectivity index (χ1n) is 6.39. The number of amides is 1. The monoisotopic (exact) mass is 356 g/mol. The van der Waals surface area contributed by atoms with Crippen LogP contribution in [0, 0.1) is 6.92 Å². The van der Waals surface area contributed by atoms with Gasteiger partial charge < -0.3 is 9.88 Å². The molecule has 1 N–H and O–H groups in total. The molecular weight excluding hydrogens is 343 g/mol. The number of thioether (sulfide) groups is 1. The van der Waals surface area contributed by atoms with E-state index in [1.807, 2.05) is 11.5 Å². The highest BCUT2D eigenvalue weighted by Crippen LogP contribution is 2.23. The van der Waals surface area contributed by atoms with E-state index in [-0.39, 0.29) is 11.7 Å². The van der Waals surface area contributed by atoms with Crippen molar-refractivity contribution in [2.75, 3.05) is 11.1 Å². The zero-order valence-corrected chi connectivity index (χ0v) is 14.2. The lowest BCUT2D eigenvalue weighted by molar-refractivity contribution is -0.113. The summed E-state index contributed by atoms with van der Waals surface area (Å²) in [6, 6.07) is 4.88. The van der Waals surface area contributed by atoms with Crippen LogP contribution in [0.25, 0.3) is 0 Å². The highest BCUT2D eigenvalue weighted by Gasteiger charge is 2.11. The zero-order valence-electron chi connectivity index (χ0n) is 11.8. The molecule has 0 unspecified atom stereocenters. The van der Waals surface area contributed by atoms with Crippen molar-refractivity contribution in [2.24, 2.45) is 0 Å². The van der Waals surface area contributed by atoms with Crippen LogP contribution in [0.5, 0.6) is 0 Å². The first kappa shape index (κ1) is 16.9. The molecule has 0 saturated carbocycles. The fourth-order valence-corrected chi connectivity index (χ4v) is 3.08.